The first-order valence-electron chi connectivity index (χ1n) is 23.9. The summed E-state index contributed by atoms with van der Waals surface area (Å²) in [5.74, 6) is -1.86. The normalized spacial score (nSPS) is 20.9. The molecule has 3 aliphatic carbocycles. The van der Waals surface area contributed by atoms with Crippen molar-refractivity contribution in [2.24, 2.45) is 34.0 Å². The van der Waals surface area contributed by atoms with Gasteiger partial charge in [-0.25, -0.2) is 14.4 Å². The number of aliphatic carboxylic acids is 1. The Morgan fingerprint density at radius 2 is 0.812 bits per heavy atom. The van der Waals surface area contributed by atoms with E-state index >= 15 is 0 Å². The average Bonchev–Trinajstić information content (AvgIpc) is 3.81. The quantitative estimate of drug-likeness (QED) is 0.133. The number of ether oxygens (including phenoxy) is 3. The molecule has 19 nitrogen and oxygen atoms in total. The molecule has 0 aromatic carbocycles. The van der Waals surface area contributed by atoms with E-state index in [4.69, 9.17) is 22.4 Å². The molecule has 2 aromatic heterocycles. The van der Waals surface area contributed by atoms with Gasteiger partial charge in [-0.15, -0.1) is 10.2 Å². The number of piperidine rings is 3. The summed E-state index contributed by atoms with van der Waals surface area (Å²) in [7, 11) is 0. The van der Waals surface area contributed by atoms with E-state index in [9.17, 15) is 108 Å². The first kappa shape index (κ1) is 75.6. The Labute approximate surface area is 494 Å². The molecule has 0 radical (unpaired) electrons. The van der Waals surface area contributed by atoms with Crippen molar-refractivity contribution in [2.75, 3.05) is 50.3 Å². The summed E-state index contributed by atoms with van der Waals surface area (Å²) >= 11 is 5.37. The first-order valence-corrected chi connectivity index (χ1v) is 24.2. The minimum atomic E-state index is -5.76. The Kier molecular flexibility index (Phi) is 25.4. The molecule has 3 aliphatic heterocycles. The Morgan fingerprint density at radius 1 is 0.518 bits per heavy atom. The number of hydrogen-bond acceptors (Lipinski definition) is 14. The molecular weight excluding hydrogens is 1290 g/mol. The Bertz CT molecular complexity index is 2440. The number of alkyl halides is 18. The van der Waals surface area contributed by atoms with Crippen LogP contribution in [0.5, 0.6) is 0 Å². The molecule has 0 bridgehead atoms. The third-order valence-corrected chi connectivity index (χ3v) is 14.6. The molecular formula is C44H52ClF18N9O10S3. The van der Waals surface area contributed by atoms with Crippen LogP contribution in [0.1, 0.15) is 57.8 Å². The van der Waals surface area contributed by atoms with Crippen molar-refractivity contribution in [3.63, 3.8) is 0 Å². The summed E-state index contributed by atoms with van der Waals surface area (Å²) in [4.78, 5) is 71.4. The monoisotopic (exact) mass is 1340 g/mol. The van der Waals surface area contributed by atoms with Crippen LogP contribution in [0.25, 0.3) is 0 Å². The van der Waals surface area contributed by atoms with E-state index in [2.05, 4.69) is 39.9 Å². The summed E-state index contributed by atoms with van der Waals surface area (Å²) in [6.45, 7) is -0.633. The Hall–Kier alpha value is -5.54. The van der Waals surface area contributed by atoms with Gasteiger partial charge in [-0.2, -0.15) is 130 Å². The lowest BCUT2D eigenvalue weighted by Gasteiger charge is -2.33. The molecule has 85 heavy (non-hydrogen) atoms. The van der Waals surface area contributed by atoms with Crippen molar-refractivity contribution in [1.82, 2.24) is 35.1 Å². The smallest absolute Gasteiger partial charge is 0.434 e. The van der Waals surface area contributed by atoms with Gasteiger partial charge in [-0.3, -0.25) is 14.4 Å². The van der Waals surface area contributed by atoms with E-state index < -0.39 is 102 Å². The fourth-order valence-electron chi connectivity index (χ4n) is 9.52. The van der Waals surface area contributed by atoms with E-state index in [1.165, 1.54) is 6.20 Å². The molecule has 3 saturated heterocycles. The third-order valence-electron chi connectivity index (χ3n) is 14.4. The summed E-state index contributed by atoms with van der Waals surface area (Å²) < 4.78 is 234. The molecule has 8 rings (SSSR count). The van der Waals surface area contributed by atoms with Crippen LogP contribution in [0.3, 0.4) is 0 Å². The van der Waals surface area contributed by atoms with Crippen molar-refractivity contribution in [3.05, 3.63) is 36.7 Å². The molecule has 2 aromatic rings. The average molecular weight is 1340 g/mol. The number of nitrogens with two attached hydrogens (primary N) is 1. The van der Waals surface area contributed by atoms with Crippen LogP contribution in [-0.2, 0) is 28.6 Å². The fraction of sp³-hybridized carbons (Fsp3) is 0.682. The van der Waals surface area contributed by atoms with Crippen molar-refractivity contribution in [1.29, 1.82) is 0 Å². The van der Waals surface area contributed by atoms with Gasteiger partial charge in [-0.05, 0) is 110 Å². The molecule has 3 atom stereocenters. The van der Waals surface area contributed by atoms with Crippen LogP contribution >= 0.6 is 52.1 Å². The molecule has 3 saturated carbocycles. The molecule has 4 N–H and O–H groups in total. The van der Waals surface area contributed by atoms with E-state index in [0.717, 1.165) is 14.7 Å². The number of nitrogen functional groups attached to an aromatic ring is 1. The van der Waals surface area contributed by atoms with Crippen LogP contribution in [0.15, 0.2) is 36.7 Å². The summed E-state index contributed by atoms with van der Waals surface area (Å²) in [6.07, 6.45) is -46.1. The minimum absolute atomic E-state index is 0. The topological polar surface area (TPSA) is 250 Å². The predicted molar refractivity (Wildman–Crippen MR) is 268 cm³/mol. The lowest BCUT2D eigenvalue weighted by Crippen LogP contribution is -2.49. The van der Waals surface area contributed by atoms with Crippen LogP contribution in [0.2, 0.25) is 0 Å². The van der Waals surface area contributed by atoms with Crippen LogP contribution in [0, 0.1) is 34.0 Å². The molecule has 6 aliphatic rings. The second kappa shape index (κ2) is 28.5. The number of halogens is 19. The van der Waals surface area contributed by atoms with E-state index in [1.807, 2.05) is 0 Å². The number of carboxylic acid groups (broad SMARTS) is 1. The second-order valence-electron chi connectivity index (χ2n) is 19.7. The van der Waals surface area contributed by atoms with Crippen LogP contribution in [-0.4, -0.2) is 170 Å². The Morgan fingerprint density at radius 3 is 1.05 bits per heavy atom. The lowest BCUT2D eigenvalue weighted by molar-refractivity contribution is -0.309. The molecule has 3 spiro atoms. The maximum Gasteiger partial charge on any atom is 0.434 e. The van der Waals surface area contributed by atoms with Gasteiger partial charge in [0.05, 0.1) is 5.92 Å². The van der Waals surface area contributed by atoms with Crippen LogP contribution < -0.4 is 11.1 Å². The predicted octanol–water partition coefficient (Wildman–Crippen LogP) is 9.83. The van der Waals surface area contributed by atoms with Gasteiger partial charge in [0.15, 0.2) is 5.82 Å². The second-order valence-corrected chi connectivity index (χ2v) is 20.1. The van der Waals surface area contributed by atoms with Gasteiger partial charge < -0.3 is 45.1 Å². The zero-order valence-electron chi connectivity index (χ0n) is 43.0. The number of anilines is 2. The summed E-state index contributed by atoms with van der Waals surface area (Å²) in [5.41, 5.74) is 3.86. The maximum atomic E-state index is 12.5. The molecule has 41 heteroatoms. The fourth-order valence-corrected chi connectivity index (χ4v) is 9.83. The van der Waals surface area contributed by atoms with E-state index in [0.29, 0.717) is 25.1 Å². The van der Waals surface area contributed by atoms with Gasteiger partial charge in [0.2, 0.25) is 11.1 Å². The van der Waals surface area contributed by atoms with Crippen molar-refractivity contribution < 1.29 is 127 Å². The first-order chi connectivity index (χ1) is 37.5. The summed E-state index contributed by atoms with van der Waals surface area (Å²) in [6, 6.07) is 6.57. The highest BCUT2D eigenvalue weighted by Gasteiger charge is 2.65. The highest BCUT2D eigenvalue weighted by molar-refractivity contribution is 7.59. The minimum Gasteiger partial charge on any atom is -0.481 e. The zero-order valence-corrected chi connectivity index (χ0v) is 46.8. The van der Waals surface area contributed by atoms with Gasteiger partial charge in [0.25, 0.3) is 18.3 Å². The highest BCUT2D eigenvalue weighted by Crippen LogP contribution is 2.62. The van der Waals surface area contributed by atoms with Crippen molar-refractivity contribution in [3.8, 4) is 0 Å². The molecule has 4 amide bonds. The molecule has 0 unspecified atom stereocenters. The van der Waals surface area contributed by atoms with Gasteiger partial charge in [0.1, 0.15) is 5.82 Å². The Balaban J connectivity index is 0.000000406. The maximum absolute atomic E-state index is 12.5. The number of carboxylic acids is 1. The van der Waals surface area contributed by atoms with Gasteiger partial charge >= 0.3 is 61.3 Å². The lowest BCUT2D eigenvalue weighted by atomic mass is 9.91. The zero-order chi connectivity index (χ0) is 61.8. The number of carbonyl (C=O) groups is 6. The number of hydrogen-bond donors (Lipinski definition) is 3. The van der Waals surface area contributed by atoms with E-state index in [1.54, 1.807) is 30.5 Å². The van der Waals surface area contributed by atoms with Gasteiger partial charge in [0, 0.05) is 63.5 Å². The number of carbonyl (C=O) groups excluding carboxylic acids is 5. The number of rotatable bonds is 7. The third kappa shape index (κ3) is 20.5. The van der Waals surface area contributed by atoms with Crippen molar-refractivity contribution in [2.45, 2.75) is 113 Å². The SMILES string of the molecule is Nc1cccnn1.O=C(Cl)[C@H]1CC12CCN(C(=O)OC(C(F)(F)F)C(F)(F)F)CC2.O=C(Nc1cccnn1)[C@H]1CC12CCN(C(=O)OC(C(F)(F)F)C(F)(F)F)CC2.O=C(O)[C@H]1CC12CCN(C(=O)OC(C(F)(F)F)C(F)(F)F)CC2.S.S.S. The molecule has 6 fully saturated rings. The van der Waals surface area contributed by atoms with Crippen LogP contribution in [0.4, 0.5) is 105 Å². The number of nitrogens with one attached hydrogen (secondary N) is 1. The molecule has 5 heterocycles. The van der Waals surface area contributed by atoms with Gasteiger partial charge in [-0.1, -0.05) is 0 Å². The standard InChI is InChI=1S/C16H16F6N4O3.C12H12ClF6NO3.C12H13F6NO4.C4H5N3.3H2S/c17-15(18,19)12(16(20,21)22)29-13(28)26-6-3-14(4-7-26)8-9(14)11(27)24-10-2-1-5-23-25-10;13-7(21)6-5-10(6)1-3-20(4-2-10)9(22)23-8(11(14,15)16)12(17,18)19;13-11(14,15)8(12(16,17)18)23-9(22)19-3-1-10(2-4-19)5-6(10)7(20)21;5-4-2-1-3-6-7-4;;;/h1-2,5,9,12H,3-4,6-8H2,(H,24,25,27);6,8H,1-5H2;6,8H,1-5H2,(H,20,21);1-3H,(H2,5,7);3*1H2/t9-;2*6-;;;;/m111..../s1. The number of nitrogens with zero attached hydrogens (tertiary/aromatic N) is 7. The highest BCUT2D eigenvalue weighted by atomic mass is 35.5. The number of amides is 4. The van der Waals surface area contributed by atoms with E-state index in [-0.39, 0.29) is 147 Å². The summed E-state index contributed by atoms with van der Waals surface area (Å²) in [5, 5.41) is 25.3. The number of aromatic nitrogens is 4. The number of likely N-dealkylation sites (tertiary alicyclic amines) is 3. The van der Waals surface area contributed by atoms with Crippen molar-refractivity contribution >= 4 is 99.1 Å². The largest absolute Gasteiger partial charge is 0.481 e. The molecule has 484 valence electrons.